The summed E-state index contributed by atoms with van der Waals surface area (Å²) in [6.45, 7) is 0. The van der Waals surface area contributed by atoms with Crippen LogP contribution in [-0.2, 0) is 0 Å². The first kappa shape index (κ1) is 19.7. The number of rotatable bonds is 7. The van der Waals surface area contributed by atoms with Crippen molar-refractivity contribution < 1.29 is 19.1 Å². The molecule has 3 N–H and O–H groups in total. The molecule has 1 unspecified atom stereocenters. The van der Waals surface area contributed by atoms with E-state index in [2.05, 4.69) is 15.3 Å². The second-order valence-electron chi connectivity index (χ2n) is 5.46. The van der Waals surface area contributed by atoms with Crippen molar-refractivity contribution in [2.75, 3.05) is 19.5 Å². The average molecular weight is 416 g/mol. The summed E-state index contributed by atoms with van der Waals surface area (Å²) in [4.78, 5) is 32.7. The summed E-state index contributed by atoms with van der Waals surface area (Å²) in [5.41, 5.74) is 5.88. The van der Waals surface area contributed by atoms with E-state index < -0.39 is 5.91 Å². The fourth-order valence-electron chi connectivity index (χ4n) is 2.24. The molecule has 10 heteroatoms. The molecule has 0 aliphatic rings. The lowest BCUT2D eigenvalue weighted by molar-refractivity contribution is 0.0997. The number of nitrogens with one attached hydrogen (secondary N) is 1. The normalized spacial score (nSPS) is 10.8. The summed E-state index contributed by atoms with van der Waals surface area (Å²) in [6.07, 6.45) is 1.68. The Morgan fingerprint density at radius 3 is 2.43 bits per heavy atom. The third-order valence-corrected chi connectivity index (χ3v) is 5.94. The molecule has 0 saturated heterocycles. The first-order chi connectivity index (χ1) is 13.5. The van der Waals surface area contributed by atoms with Crippen molar-refractivity contribution in [1.29, 1.82) is 0 Å². The average Bonchev–Trinajstić information content (AvgIpc) is 3.11. The minimum atomic E-state index is -0.704. The highest BCUT2D eigenvalue weighted by atomic mass is 32.1. The zero-order valence-corrected chi connectivity index (χ0v) is 16.9. The Morgan fingerprint density at radius 1 is 1.11 bits per heavy atom. The van der Waals surface area contributed by atoms with E-state index in [1.165, 1.54) is 11.3 Å². The summed E-state index contributed by atoms with van der Waals surface area (Å²) >= 11 is 1.21. The number of amides is 2. The minimum Gasteiger partial charge on any atom is -0.497 e. The number of benzene rings is 1. The molecule has 0 fully saturated rings. The molecule has 2 heterocycles. The highest BCUT2D eigenvalue weighted by molar-refractivity contribution is 7.63. The zero-order chi connectivity index (χ0) is 20.1. The van der Waals surface area contributed by atoms with Crippen molar-refractivity contribution >= 4 is 46.8 Å². The molecule has 1 atom stereocenters. The minimum absolute atomic E-state index is 0.0378. The fraction of sp³-hybridized carbons (Fsp3) is 0.111. The molecule has 8 nitrogen and oxygen atoms in total. The summed E-state index contributed by atoms with van der Waals surface area (Å²) in [7, 11) is 3.25. The first-order valence-corrected chi connectivity index (χ1v) is 9.85. The Balaban J connectivity index is 1.79. The van der Waals surface area contributed by atoms with Crippen LogP contribution in [0.25, 0.3) is 0 Å². The number of hydrogen-bond acceptors (Lipinski definition) is 7. The van der Waals surface area contributed by atoms with Gasteiger partial charge in [-0.15, -0.1) is 0 Å². The van der Waals surface area contributed by atoms with Gasteiger partial charge in [0.1, 0.15) is 15.5 Å². The highest BCUT2D eigenvalue weighted by Gasteiger charge is 2.19. The number of pyridine rings is 1. The fourth-order valence-corrected chi connectivity index (χ4v) is 4.53. The molecule has 0 saturated carbocycles. The van der Waals surface area contributed by atoms with E-state index >= 15 is 0 Å². The van der Waals surface area contributed by atoms with Gasteiger partial charge in [-0.1, -0.05) is 11.3 Å². The SMILES string of the molecule is COc1ccc(C(=O)Nc2sc(Pc3ccc(OC)nc3)nc2C(N)=O)cc1. The Hall–Kier alpha value is -3.03. The Labute approximate surface area is 166 Å². The lowest BCUT2D eigenvalue weighted by atomic mass is 10.2. The van der Waals surface area contributed by atoms with Crippen molar-refractivity contribution in [3.05, 3.63) is 53.9 Å². The van der Waals surface area contributed by atoms with Crippen LogP contribution in [0.3, 0.4) is 0 Å². The van der Waals surface area contributed by atoms with Crippen LogP contribution in [-0.4, -0.2) is 36.0 Å². The van der Waals surface area contributed by atoms with Gasteiger partial charge in [-0.2, -0.15) is 0 Å². The molecule has 1 aromatic carbocycles. The Morgan fingerprint density at radius 2 is 1.86 bits per heavy atom. The molecule has 28 heavy (non-hydrogen) atoms. The van der Waals surface area contributed by atoms with Gasteiger partial charge in [0.15, 0.2) is 5.69 Å². The van der Waals surface area contributed by atoms with Crippen LogP contribution in [0.1, 0.15) is 20.8 Å². The molecule has 0 aliphatic carbocycles. The number of primary amides is 1. The number of hydrogen-bond donors (Lipinski definition) is 2. The summed E-state index contributed by atoms with van der Waals surface area (Å²) < 4.78 is 10.8. The molecular weight excluding hydrogens is 399 g/mol. The van der Waals surface area contributed by atoms with E-state index in [1.54, 1.807) is 50.7 Å². The molecule has 0 bridgehead atoms. The lowest BCUT2D eigenvalue weighted by Gasteiger charge is -2.05. The number of carbonyl (C=O) groups excluding carboxylic acids is 2. The van der Waals surface area contributed by atoms with Gasteiger partial charge in [0.2, 0.25) is 5.88 Å². The number of methoxy groups -OCH3 is 2. The van der Waals surface area contributed by atoms with Gasteiger partial charge in [0, 0.05) is 17.8 Å². The van der Waals surface area contributed by atoms with Crippen molar-refractivity contribution in [1.82, 2.24) is 9.97 Å². The number of carbonyl (C=O) groups is 2. The van der Waals surface area contributed by atoms with E-state index in [1.807, 2.05) is 6.07 Å². The van der Waals surface area contributed by atoms with Crippen LogP contribution >= 0.6 is 19.9 Å². The zero-order valence-electron chi connectivity index (χ0n) is 15.1. The lowest BCUT2D eigenvalue weighted by Crippen LogP contribution is -2.17. The smallest absolute Gasteiger partial charge is 0.270 e. The van der Waals surface area contributed by atoms with Gasteiger partial charge in [-0.3, -0.25) is 9.59 Å². The molecule has 0 radical (unpaired) electrons. The number of nitrogens with zero attached hydrogens (tertiary/aromatic N) is 2. The van der Waals surface area contributed by atoms with Crippen LogP contribution < -0.4 is 30.6 Å². The number of anilines is 1. The molecule has 144 valence electrons. The predicted molar refractivity (Wildman–Crippen MR) is 110 cm³/mol. The molecule has 0 aliphatic heterocycles. The van der Waals surface area contributed by atoms with E-state index in [0.29, 0.717) is 26.9 Å². The maximum Gasteiger partial charge on any atom is 0.270 e. The first-order valence-electron chi connectivity index (χ1n) is 8.03. The van der Waals surface area contributed by atoms with Gasteiger partial charge >= 0.3 is 0 Å². The molecule has 2 amide bonds. The third-order valence-electron chi connectivity index (χ3n) is 3.64. The van der Waals surface area contributed by atoms with Crippen molar-refractivity contribution in [3.63, 3.8) is 0 Å². The predicted octanol–water partition coefficient (Wildman–Crippen LogP) is 1.54. The molecule has 2 aromatic heterocycles. The topological polar surface area (TPSA) is 116 Å². The van der Waals surface area contributed by atoms with E-state index in [9.17, 15) is 9.59 Å². The van der Waals surface area contributed by atoms with Crippen LogP contribution in [0.2, 0.25) is 0 Å². The van der Waals surface area contributed by atoms with Crippen molar-refractivity contribution in [2.45, 2.75) is 0 Å². The van der Waals surface area contributed by atoms with Gasteiger partial charge in [0.05, 0.1) is 14.2 Å². The Kier molecular flexibility index (Phi) is 6.18. The van der Waals surface area contributed by atoms with Crippen LogP contribution in [0.4, 0.5) is 5.00 Å². The van der Waals surface area contributed by atoms with Gasteiger partial charge in [0.25, 0.3) is 11.8 Å². The Bertz CT molecular complexity index is 990. The highest BCUT2D eigenvalue weighted by Crippen LogP contribution is 2.25. The van der Waals surface area contributed by atoms with Gasteiger partial charge in [-0.25, -0.2) is 9.97 Å². The van der Waals surface area contributed by atoms with Crippen molar-refractivity contribution in [3.8, 4) is 11.6 Å². The third kappa shape index (κ3) is 4.62. The second kappa shape index (κ2) is 8.77. The summed E-state index contributed by atoms with van der Waals surface area (Å²) in [5, 5.41) is 3.95. The number of ether oxygens (including phenoxy) is 2. The number of thiazole rings is 1. The molecule has 3 aromatic rings. The van der Waals surface area contributed by atoms with Gasteiger partial charge in [-0.05, 0) is 44.2 Å². The number of aromatic nitrogens is 2. The quantitative estimate of drug-likeness (QED) is 0.565. The number of nitrogens with two attached hydrogens (primary N) is 1. The monoisotopic (exact) mass is 416 g/mol. The van der Waals surface area contributed by atoms with E-state index in [-0.39, 0.29) is 20.2 Å². The maximum atomic E-state index is 12.5. The van der Waals surface area contributed by atoms with Crippen LogP contribution in [0.5, 0.6) is 11.6 Å². The van der Waals surface area contributed by atoms with Crippen LogP contribution in [0.15, 0.2) is 42.6 Å². The summed E-state index contributed by atoms with van der Waals surface area (Å²) in [5.74, 6) is 0.0849. The molecular formula is C18H17N4O4PS. The largest absolute Gasteiger partial charge is 0.497 e. The van der Waals surface area contributed by atoms with E-state index in [0.717, 1.165) is 5.30 Å². The second-order valence-corrected chi connectivity index (χ2v) is 8.12. The van der Waals surface area contributed by atoms with Crippen molar-refractivity contribution in [2.24, 2.45) is 5.73 Å². The molecule has 0 spiro atoms. The van der Waals surface area contributed by atoms with E-state index in [4.69, 9.17) is 15.2 Å². The molecule has 3 rings (SSSR count). The van der Waals surface area contributed by atoms with Crippen LogP contribution in [0, 0.1) is 0 Å². The standard InChI is InChI=1S/C18H17N4O4PS/c1-25-11-5-3-10(4-6-11)16(24)22-17-14(15(19)23)21-18(28-17)27-12-7-8-13(26-2)20-9-12/h3-9,27H,1-2H3,(H2,19,23)(H,22,24). The summed E-state index contributed by atoms with van der Waals surface area (Å²) in [6, 6.07) is 10.2. The maximum absolute atomic E-state index is 12.5. The van der Waals surface area contributed by atoms with Gasteiger partial charge < -0.3 is 20.5 Å².